The van der Waals surface area contributed by atoms with Crippen molar-refractivity contribution in [3.63, 3.8) is 0 Å². The maximum Gasteiger partial charge on any atom is 0.340 e. The van der Waals surface area contributed by atoms with E-state index in [1.54, 1.807) is 13.8 Å². The molecule has 1 amide bonds. The number of methoxy groups -OCH3 is 1. The monoisotopic (exact) mass is 547 g/mol. The zero-order valence-corrected chi connectivity index (χ0v) is 21.9. The molecule has 0 fully saturated rings. The van der Waals surface area contributed by atoms with Gasteiger partial charge in [-0.3, -0.25) is 4.79 Å². The lowest BCUT2D eigenvalue weighted by molar-refractivity contribution is 0.0595. The molecule has 0 aliphatic heterocycles. The number of ether oxygens (including phenoxy) is 1. The minimum atomic E-state index is -3.58. The van der Waals surface area contributed by atoms with Crippen LogP contribution in [0.2, 0.25) is 0 Å². The molecule has 36 heavy (non-hydrogen) atoms. The summed E-state index contributed by atoms with van der Waals surface area (Å²) in [5.41, 5.74) is 9.84. The lowest BCUT2D eigenvalue weighted by atomic mass is 10.1. The maximum absolute atomic E-state index is 13.7. The number of carbonyl (C=O) groups excluding carboxylic acids is 2. The summed E-state index contributed by atoms with van der Waals surface area (Å²) in [6.07, 6.45) is 2.67. The normalized spacial score (nSPS) is 11.2. The minimum Gasteiger partial charge on any atom is -0.465 e. The molecule has 4 N–H and O–H groups in total. The van der Waals surface area contributed by atoms with E-state index in [1.165, 1.54) is 0 Å². The van der Waals surface area contributed by atoms with E-state index in [9.17, 15) is 35.2 Å². The van der Waals surface area contributed by atoms with Crippen LogP contribution in [-0.2, 0) is 37.3 Å². The summed E-state index contributed by atoms with van der Waals surface area (Å²) in [6, 6.07) is 4.04. The predicted molar refractivity (Wildman–Crippen MR) is 129 cm³/mol. The van der Waals surface area contributed by atoms with Crippen molar-refractivity contribution >= 4 is 37.5 Å². The molecule has 0 spiro atoms. The number of carbonyl (C=O) groups is 2. The van der Waals surface area contributed by atoms with Crippen LogP contribution in [0.3, 0.4) is 0 Å². The Bertz CT molecular complexity index is 1420. The average Bonchev–Trinajstić information content (AvgIpc) is 2.76. The van der Waals surface area contributed by atoms with Crippen molar-refractivity contribution in [3.05, 3.63) is 58.2 Å². The number of rotatable bonds is 6. The van der Waals surface area contributed by atoms with Gasteiger partial charge >= 0.3 is 5.97 Å². The third-order valence-corrected chi connectivity index (χ3v) is 7.09. The highest BCUT2D eigenvalue weighted by atomic mass is 32.2. The number of sulfone groups is 2. The van der Waals surface area contributed by atoms with Gasteiger partial charge in [-0.1, -0.05) is 13.8 Å². The lowest BCUT2D eigenvalue weighted by Gasteiger charge is -2.09. The van der Waals surface area contributed by atoms with Crippen molar-refractivity contribution in [2.24, 2.45) is 16.5 Å². The number of amides is 1. The summed E-state index contributed by atoms with van der Waals surface area (Å²) in [5.74, 6) is -4.08. The van der Waals surface area contributed by atoms with Crippen molar-refractivity contribution in [1.82, 2.24) is 0 Å². The number of esters is 1. The first-order valence-corrected chi connectivity index (χ1v) is 14.0. The first kappa shape index (κ1) is 30.6. The van der Waals surface area contributed by atoms with Crippen LogP contribution in [0.15, 0.2) is 39.0 Å². The second-order valence-corrected chi connectivity index (χ2v) is 11.4. The van der Waals surface area contributed by atoms with Crippen molar-refractivity contribution in [3.8, 4) is 0 Å². The van der Waals surface area contributed by atoms with Crippen LogP contribution in [-0.4, -0.2) is 54.3 Å². The van der Waals surface area contributed by atoms with Crippen molar-refractivity contribution < 1.29 is 39.9 Å². The van der Waals surface area contributed by atoms with Gasteiger partial charge in [0.1, 0.15) is 11.6 Å². The molecular formula is C22H27F2N3O7S2. The maximum atomic E-state index is 13.7. The molecule has 10 nitrogen and oxygen atoms in total. The van der Waals surface area contributed by atoms with Gasteiger partial charge in [0.05, 0.1) is 28.0 Å². The summed E-state index contributed by atoms with van der Waals surface area (Å²) >= 11 is 0. The molecule has 0 atom stereocenters. The van der Waals surface area contributed by atoms with Gasteiger partial charge in [-0.05, 0) is 48.2 Å². The summed E-state index contributed by atoms with van der Waals surface area (Å²) < 4.78 is 77.9. The number of guanidine groups is 1. The zero-order valence-electron chi connectivity index (χ0n) is 20.3. The fraction of sp³-hybridized carbons (Fsp3) is 0.318. The Labute approximate surface area is 208 Å². The third-order valence-electron chi connectivity index (χ3n) is 4.73. The summed E-state index contributed by atoms with van der Waals surface area (Å²) in [6.45, 7) is 3.39. The number of aliphatic imine (C=N–C) groups is 1. The Morgan fingerprint density at radius 2 is 1.22 bits per heavy atom. The van der Waals surface area contributed by atoms with Gasteiger partial charge in [0.15, 0.2) is 25.6 Å². The van der Waals surface area contributed by atoms with Crippen molar-refractivity contribution in [2.45, 2.75) is 36.5 Å². The van der Waals surface area contributed by atoms with E-state index in [2.05, 4.69) is 9.73 Å². The number of nitrogens with two attached hydrogens (primary N) is 2. The lowest BCUT2D eigenvalue weighted by Crippen LogP contribution is -2.24. The number of aryl methyl sites for hydroxylation is 2. The Hall–Kier alpha value is -3.39. The average molecular weight is 548 g/mol. The molecule has 0 unspecified atom stereocenters. The SMILES string of the molecule is CCc1cc(F)c(C(=O)N=C(N)N)cc1S(C)(=O)=O.CCc1cc(F)c(C(=O)OC)cc1S(C)(=O)=O. The van der Waals surface area contributed by atoms with Gasteiger partial charge in [0.2, 0.25) is 0 Å². The molecule has 0 saturated heterocycles. The first-order valence-electron chi connectivity index (χ1n) is 10.2. The van der Waals surface area contributed by atoms with E-state index in [0.717, 1.165) is 43.9 Å². The van der Waals surface area contributed by atoms with Crippen LogP contribution < -0.4 is 11.5 Å². The Balaban J connectivity index is 0.000000362. The van der Waals surface area contributed by atoms with Crippen LogP contribution in [0.1, 0.15) is 45.7 Å². The molecule has 0 saturated carbocycles. The molecule has 0 aromatic heterocycles. The van der Waals surface area contributed by atoms with Crippen LogP contribution in [0.25, 0.3) is 0 Å². The Morgan fingerprint density at radius 3 is 1.56 bits per heavy atom. The second-order valence-electron chi connectivity index (χ2n) is 7.46. The molecular weight excluding hydrogens is 520 g/mol. The van der Waals surface area contributed by atoms with Crippen LogP contribution >= 0.6 is 0 Å². The molecule has 0 bridgehead atoms. The topological polar surface area (TPSA) is 176 Å². The van der Waals surface area contributed by atoms with Crippen molar-refractivity contribution in [1.29, 1.82) is 0 Å². The summed E-state index contributed by atoms with van der Waals surface area (Å²) in [7, 11) is -5.97. The quantitative estimate of drug-likeness (QED) is 0.236. The predicted octanol–water partition coefficient (Wildman–Crippen LogP) is 1.78. The van der Waals surface area contributed by atoms with Gasteiger partial charge in [-0.2, -0.15) is 4.99 Å². The molecule has 198 valence electrons. The Kier molecular flexibility index (Phi) is 10.2. The summed E-state index contributed by atoms with van der Waals surface area (Å²) in [5, 5.41) is 0. The molecule has 2 rings (SSSR count). The van der Waals surface area contributed by atoms with E-state index >= 15 is 0 Å². The second kappa shape index (κ2) is 12.0. The van der Waals surface area contributed by atoms with E-state index in [1.807, 2.05) is 0 Å². The zero-order chi connectivity index (χ0) is 28.0. The van der Waals surface area contributed by atoms with Gasteiger partial charge < -0.3 is 16.2 Å². The van der Waals surface area contributed by atoms with E-state index in [4.69, 9.17) is 11.5 Å². The van der Waals surface area contributed by atoms with Gasteiger partial charge in [0, 0.05) is 12.5 Å². The number of hydrogen-bond acceptors (Lipinski definition) is 7. The van der Waals surface area contributed by atoms with E-state index in [0.29, 0.717) is 24.0 Å². The highest BCUT2D eigenvalue weighted by Crippen LogP contribution is 2.23. The molecule has 0 radical (unpaired) electrons. The number of benzene rings is 2. The summed E-state index contributed by atoms with van der Waals surface area (Å²) in [4.78, 5) is 25.9. The highest BCUT2D eigenvalue weighted by Gasteiger charge is 2.21. The number of hydrogen-bond donors (Lipinski definition) is 2. The number of halogens is 2. The molecule has 2 aromatic carbocycles. The van der Waals surface area contributed by atoms with E-state index < -0.39 is 54.7 Å². The Morgan fingerprint density at radius 1 is 0.833 bits per heavy atom. The first-order chi connectivity index (χ1) is 16.5. The van der Waals surface area contributed by atoms with Gasteiger partial charge in [0.25, 0.3) is 5.91 Å². The molecule has 0 aliphatic carbocycles. The van der Waals surface area contributed by atoms with Crippen LogP contribution in [0.5, 0.6) is 0 Å². The van der Waals surface area contributed by atoms with E-state index in [-0.39, 0.29) is 15.4 Å². The number of nitrogens with zero attached hydrogens (tertiary/aromatic N) is 1. The molecule has 2 aromatic rings. The van der Waals surface area contributed by atoms with Crippen molar-refractivity contribution in [2.75, 3.05) is 19.6 Å². The fourth-order valence-corrected chi connectivity index (χ4v) is 5.06. The molecule has 14 heteroatoms. The largest absolute Gasteiger partial charge is 0.465 e. The standard InChI is InChI=1S/C11H14FN3O3S.C11H13FO4S/c1-3-6-4-8(12)7(10(16)15-11(13)14)5-9(6)19(2,17)18;1-4-7-5-9(12)8(11(13)16-2)6-10(7)17(3,14)15/h4-5H,3H2,1-2H3,(H4,13,14,15,16);5-6H,4H2,1-3H3. The van der Waals surface area contributed by atoms with Gasteiger partial charge in [-0.25, -0.2) is 30.4 Å². The van der Waals surface area contributed by atoms with Crippen LogP contribution in [0.4, 0.5) is 8.78 Å². The molecule has 0 aliphatic rings. The molecule has 0 heterocycles. The highest BCUT2D eigenvalue weighted by molar-refractivity contribution is 7.91. The minimum absolute atomic E-state index is 0.0400. The smallest absolute Gasteiger partial charge is 0.340 e. The fourth-order valence-electron chi connectivity index (χ4n) is 3.04. The third kappa shape index (κ3) is 7.81. The van der Waals surface area contributed by atoms with Gasteiger partial charge in [-0.15, -0.1) is 0 Å². The van der Waals surface area contributed by atoms with Crippen LogP contribution in [0, 0.1) is 11.6 Å².